The average molecular weight is 346 g/mol. The van der Waals surface area contributed by atoms with Gasteiger partial charge in [0.25, 0.3) is 0 Å². The lowest BCUT2D eigenvalue weighted by Crippen LogP contribution is -2.49. The summed E-state index contributed by atoms with van der Waals surface area (Å²) in [5, 5.41) is 0. The zero-order valence-electron chi connectivity index (χ0n) is 15.1. The highest BCUT2D eigenvalue weighted by Gasteiger charge is 2.59. The summed E-state index contributed by atoms with van der Waals surface area (Å²) >= 11 is 0. The minimum absolute atomic E-state index is 0.101. The van der Waals surface area contributed by atoms with Crippen molar-refractivity contribution >= 4 is 11.8 Å². The molecule has 0 aromatic rings. The summed E-state index contributed by atoms with van der Waals surface area (Å²) in [5.41, 5.74) is 1.97. The molecule has 0 unspecified atom stereocenters. The number of rotatable bonds is 1. The average Bonchev–Trinajstić information content (AvgIpc) is 2.89. The highest BCUT2D eigenvalue weighted by Crippen LogP contribution is 2.63. The van der Waals surface area contributed by atoms with Gasteiger partial charge in [-0.2, -0.15) is 0 Å². The van der Waals surface area contributed by atoms with Crippen LogP contribution in [0.2, 0.25) is 0 Å². The first-order chi connectivity index (χ1) is 11.9. The molecule has 0 aromatic heterocycles. The molecule has 0 aliphatic heterocycles. The summed E-state index contributed by atoms with van der Waals surface area (Å²) in [6, 6.07) is 0. The van der Waals surface area contributed by atoms with Gasteiger partial charge in [-0.1, -0.05) is 12.5 Å². The molecule has 0 aromatic carbocycles. The van der Waals surface area contributed by atoms with E-state index in [0.29, 0.717) is 30.6 Å². The molecule has 6 atom stereocenters. The maximum absolute atomic E-state index is 13.9. The van der Waals surface area contributed by atoms with E-state index in [0.717, 1.165) is 44.0 Å². The molecule has 0 radical (unpaired) electrons. The second-order valence-electron chi connectivity index (χ2n) is 8.71. The zero-order chi connectivity index (χ0) is 17.8. The second-order valence-corrected chi connectivity index (χ2v) is 8.71. The third-order valence-corrected chi connectivity index (χ3v) is 7.49. The molecule has 136 valence electrons. The molecule has 4 heteroatoms. The largest absolute Gasteiger partial charge is 0.462 e. The van der Waals surface area contributed by atoms with E-state index in [4.69, 9.17) is 4.74 Å². The summed E-state index contributed by atoms with van der Waals surface area (Å²) in [7, 11) is 0. The minimum atomic E-state index is -0.237. The number of hydrogen-bond donors (Lipinski definition) is 0. The van der Waals surface area contributed by atoms with Crippen LogP contribution in [0.25, 0.3) is 0 Å². The van der Waals surface area contributed by atoms with Gasteiger partial charge in [0.2, 0.25) is 0 Å². The lowest BCUT2D eigenvalue weighted by Gasteiger charge is -2.54. The summed E-state index contributed by atoms with van der Waals surface area (Å²) in [6.07, 6.45) is 8.60. The Kier molecular flexibility index (Phi) is 4.12. The Morgan fingerprint density at radius 2 is 2.08 bits per heavy atom. The van der Waals surface area contributed by atoms with Gasteiger partial charge in [0, 0.05) is 18.8 Å². The molecular weight excluding hydrogens is 319 g/mol. The number of carbonyl (C=O) groups is 2. The standard InChI is InChI=1S/C21H27FO3/c1-12(23)25-19-8-7-18-17-5-3-13-9-15(24)4-6-16(13)20(17)14(11-22)10-21(18,19)2/h9,11,16-20H,3-8,10H2,1-2H3/b14-11+/t16-,17-,18-,19-,20+,21-/m0/s1. The maximum Gasteiger partial charge on any atom is 0.302 e. The van der Waals surface area contributed by atoms with Crippen LogP contribution in [0.4, 0.5) is 4.39 Å². The fraction of sp³-hybridized carbons (Fsp3) is 0.714. The normalized spacial score (nSPS) is 44.6. The molecule has 0 N–H and O–H groups in total. The van der Waals surface area contributed by atoms with Gasteiger partial charge in [-0.05, 0) is 73.8 Å². The number of esters is 1. The molecule has 25 heavy (non-hydrogen) atoms. The fourth-order valence-electron chi connectivity index (χ4n) is 6.57. The number of fused-ring (bicyclic) bond motifs is 5. The van der Waals surface area contributed by atoms with E-state index in [1.807, 2.05) is 6.08 Å². The number of hydrogen-bond acceptors (Lipinski definition) is 3. The molecule has 3 fully saturated rings. The Bertz CT molecular complexity index is 664. The summed E-state index contributed by atoms with van der Waals surface area (Å²) in [4.78, 5) is 23.3. The minimum Gasteiger partial charge on any atom is -0.462 e. The molecule has 0 bridgehead atoms. The third-order valence-electron chi connectivity index (χ3n) is 7.49. The van der Waals surface area contributed by atoms with Crippen molar-refractivity contribution in [1.29, 1.82) is 0 Å². The van der Waals surface area contributed by atoms with Crippen LogP contribution < -0.4 is 0 Å². The molecular formula is C21H27FO3. The van der Waals surface area contributed by atoms with Crippen LogP contribution >= 0.6 is 0 Å². The van der Waals surface area contributed by atoms with Crippen LogP contribution in [0.3, 0.4) is 0 Å². The Morgan fingerprint density at radius 1 is 1.28 bits per heavy atom. The Labute approximate surface area is 148 Å². The van der Waals surface area contributed by atoms with Crippen molar-refractivity contribution in [2.75, 3.05) is 0 Å². The van der Waals surface area contributed by atoms with E-state index >= 15 is 0 Å². The highest BCUT2D eigenvalue weighted by molar-refractivity contribution is 5.91. The Hall–Kier alpha value is -1.45. The zero-order valence-corrected chi connectivity index (χ0v) is 15.1. The van der Waals surface area contributed by atoms with E-state index in [9.17, 15) is 14.0 Å². The van der Waals surface area contributed by atoms with Crippen molar-refractivity contribution in [2.24, 2.45) is 29.1 Å². The molecule has 3 saturated carbocycles. The molecule has 0 spiro atoms. The predicted molar refractivity (Wildman–Crippen MR) is 92.2 cm³/mol. The smallest absolute Gasteiger partial charge is 0.302 e. The van der Waals surface area contributed by atoms with Gasteiger partial charge in [0.15, 0.2) is 5.78 Å². The van der Waals surface area contributed by atoms with E-state index in [1.165, 1.54) is 12.5 Å². The van der Waals surface area contributed by atoms with Crippen LogP contribution in [-0.4, -0.2) is 17.9 Å². The lowest BCUT2D eigenvalue weighted by atomic mass is 9.51. The Morgan fingerprint density at radius 3 is 2.80 bits per heavy atom. The summed E-state index contributed by atoms with van der Waals surface area (Å²) in [5.74, 6) is 1.47. The van der Waals surface area contributed by atoms with Crippen LogP contribution in [0.1, 0.15) is 58.8 Å². The second kappa shape index (κ2) is 6.07. The van der Waals surface area contributed by atoms with Crippen LogP contribution in [0, 0.1) is 29.1 Å². The van der Waals surface area contributed by atoms with Gasteiger partial charge >= 0.3 is 5.97 Å². The number of halogens is 1. The Balaban J connectivity index is 1.68. The van der Waals surface area contributed by atoms with Crippen LogP contribution in [0.5, 0.6) is 0 Å². The molecule has 4 aliphatic carbocycles. The molecule has 4 aliphatic rings. The van der Waals surface area contributed by atoms with E-state index in [1.54, 1.807) is 0 Å². The predicted octanol–water partition coefficient (Wildman–Crippen LogP) is 4.52. The highest BCUT2D eigenvalue weighted by atomic mass is 19.1. The third kappa shape index (κ3) is 2.60. The van der Waals surface area contributed by atoms with Crippen molar-refractivity contribution in [3.8, 4) is 0 Å². The van der Waals surface area contributed by atoms with Crippen molar-refractivity contribution in [3.63, 3.8) is 0 Å². The molecule has 3 nitrogen and oxygen atoms in total. The summed E-state index contributed by atoms with van der Waals surface area (Å²) in [6.45, 7) is 3.65. The maximum atomic E-state index is 13.9. The summed E-state index contributed by atoms with van der Waals surface area (Å²) < 4.78 is 19.6. The number of carbonyl (C=O) groups excluding carboxylic acids is 2. The number of allylic oxidation sites excluding steroid dienone is 2. The molecule has 0 saturated heterocycles. The molecule has 4 rings (SSSR count). The number of ether oxygens (including phenoxy) is 1. The quantitative estimate of drug-likeness (QED) is 0.656. The topological polar surface area (TPSA) is 43.4 Å². The van der Waals surface area contributed by atoms with Gasteiger partial charge in [0.1, 0.15) is 6.10 Å². The first kappa shape index (κ1) is 17.0. The van der Waals surface area contributed by atoms with Gasteiger partial charge in [-0.3, -0.25) is 9.59 Å². The van der Waals surface area contributed by atoms with Crippen molar-refractivity contribution < 1.29 is 18.7 Å². The fourth-order valence-corrected chi connectivity index (χ4v) is 6.57. The van der Waals surface area contributed by atoms with Crippen molar-refractivity contribution in [3.05, 3.63) is 23.6 Å². The monoisotopic (exact) mass is 346 g/mol. The van der Waals surface area contributed by atoms with Crippen LogP contribution in [0.15, 0.2) is 23.6 Å². The van der Waals surface area contributed by atoms with E-state index in [-0.39, 0.29) is 29.2 Å². The number of ketones is 1. The molecule has 0 amide bonds. The van der Waals surface area contributed by atoms with Gasteiger partial charge in [-0.15, -0.1) is 0 Å². The van der Waals surface area contributed by atoms with Gasteiger partial charge < -0.3 is 4.74 Å². The van der Waals surface area contributed by atoms with Gasteiger partial charge in [-0.25, -0.2) is 4.39 Å². The van der Waals surface area contributed by atoms with Crippen LogP contribution in [-0.2, 0) is 14.3 Å². The molecule has 0 heterocycles. The SMILES string of the molecule is CC(=O)O[C@H]1CC[C@H]2[C@@H]3CCC4=CC(=O)CC[C@@H]4[C@H]3/C(=C/F)C[C@]12C. The van der Waals surface area contributed by atoms with E-state index in [2.05, 4.69) is 6.92 Å². The van der Waals surface area contributed by atoms with Gasteiger partial charge in [0.05, 0.1) is 6.33 Å². The van der Waals surface area contributed by atoms with Crippen molar-refractivity contribution in [1.82, 2.24) is 0 Å². The van der Waals surface area contributed by atoms with E-state index < -0.39 is 0 Å². The first-order valence-corrected chi connectivity index (χ1v) is 9.63. The van der Waals surface area contributed by atoms with Crippen molar-refractivity contribution in [2.45, 2.75) is 64.9 Å². The lowest BCUT2D eigenvalue weighted by molar-refractivity contribution is -0.154. The first-order valence-electron chi connectivity index (χ1n) is 9.63.